The van der Waals surface area contributed by atoms with Crippen LogP contribution in [0, 0.1) is 0 Å². The molecule has 2 N–H and O–H groups in total. The molecule has 1 radical (unpaired) electrons. The minimum absolute atomic E-state index is 0. The van der Waals surface area contributed by atoms with Gasteiger partial charge in [-0.1, -0.05) is 13.5 Å². The molecule has 0 spiro atoms. The van der Waals surface area contributed by atoms with Crippen molar-refractivity contribution in [3.8, 4) is 0 Å². The molecule has 0 aliphatic heterocycles. The minimum atomic E-state index is -4.30. The van der Waals surface area contributed by atoms with Crippen molar-refractivity contribution in [1.82, 2.24) is 5.32 Å². The molecule has 0 heterocycles. The van der Waals surface area contributed by atoms with Gasteiger partial charge in [0.2, 0.25) is 5.91 Å². The summed E-state index contributed by atoms with van der Waals surface area (Å²) in [7, 11) is -4.30. The second kappa shape index (κ2) is 5.87. The van der Waals surface area contributed by atoms with Gasteiger partial charge in [-0.2, -0.15) is 8.42 Å². The fourth-order valence-corrected chi connectivity index (χ4v) is 1.24. The molecule has 0 fully saturated rings. The Bertz CT molecular complexity index is 314. The first-order chi connectivity index (χ1) is 5.77. The molecule has 0 bridgehead atoms. The van der Waals surface area contributed by atoms with Gasteiger partial charge in [-0.25, -0.2) is 0 Å². The van der Waals surface area contributed by atoms with Gasteiger partial charge in [0.25, 0.3) is 10.1 Å². The fourth-order valence-electron chi connectivity index (χ4n) is 0.647. The molecule has 7 heteroatoms. The number of amides is 1. The van der Waals surface area contributed by atoms with Gasteiger partial charge in [0.1, 0.15) is 0 Å². The maximum atomic E-state index is 10.8. The predicted molar refractivity (Wildman–Crippen MR) is 54.3 cm³/mol. The van der Waals surface area contributed by atoms with Crippen molar-refractivity contribution >= 4 is 45.6 Å². The van der Waals surface area contributed by atoms with Crippen LogP contribution < -0.4 is 5.32 Å². The molecule has 77 valence electrons. The Balaban J connectivity index is 0. The molecule has 0 saturated heterocycles. The average molecular weight is 230 g/mol. The van der Waals surface area contributed by atoms with Crippen molar-refractivity contribution in [2.75, 3.05) is 0 Å². The van der Waals surface area contributed by atoms with Crippen LogP contribution in [0.1, 0.15) is 20.3 Å². The van der Waals surface area contributed by atoms with Crippen molar-refractivity contribution in [2.24, 2.45) is 0 Å². The third kappa shape index (κ3) is 4.10. The summed E-state index contributed by atoms with van der Waals surface area (Å²) in [6, 6.07) is 0. The molecular weight excluding hydrogens is 217 g/mol. The van der Waals surface area contributed by atoms with E-state index in [1.165, 1.54) is 13.8 Å². The molecule has 1 atom stereocenters. The van der Waals surface area contributed by atoms with Gasteiger partial charge >= 0.3 is 0 Å². The maximum Gasteiger partial charge on any atom is 0.288 e. The maximum absolute atomic E-state index is 10.8. The van der Waals surface area contributed by atoms with Crippen molar-refractivity contribution < 1.29 is 17.8 Å². The Kier molecular flexibility index (Phi) is 6.94. The van der Waals surface area contributed by atoms with Crippen molar-refractivity contribution in [1.29, 1.82) is 0 Å². The molecule has 0 aliphatic rings. The minimum Gasteiger partial charge on any atom is -0.332 e. The molecule has 1 unspecified atom stereocenters. The summed E-state index contributed by atoms with van der Waals surface area (Å²) in [4.78, 5) is 9.19. The van der Waals surface area contributed by atoms with Gasteiger partial charge in [0.15, 0.2) is 4.87 Å². The Hall–Kier alpha value is 0.120. The van der Waals surface area contributed by atoms with Crippen molar-refractivity contribution in [2.45, 2.75) is 25.1 Å². The van der Waals surface area contributed by atoms with E-state index in [1.54, 1.807) is 0 Å². The van der Waals surface area contributed by atoms with Gasteiger partial charge < -0.3 is 5.32 Å². The number of rotatable bonds is 4. The zero-order chi connectivity index (χ0) is 10.7. The standard InChI is InChI=1S/C7H13NO4S.Na/c1-4-6(9)8-7(3,5-2)13(10,11)12;/h4H,1,5H2,2-3H3,(H,8,9)(H,10,11,12);. The van der Waals surface area contributed by atoms with Crippen LogP contribution in [-0.2, 0) is 14.9 Å². The summed E-state index contributed by atoms with van der Waals surface area (Å²) in [5.41, 5.74) is 0. The second-order valence-electron chi connectivity index (χ2n) is 2.75. The zero-order valence-corrected chi connectivity index (χ0v) is 11.4. The van der Waals surface area contributed by atoms with Crippen LogP contribution in [0.3, 0.4) is 0 Å². The first-order valence-corrected chi connectivity index (χ1v) is 5.12. The molecule has 1 amide bonds. The van der Waals surface area contributed by atoms with Gasteiger partial charge in [0, 0.05) is 29.6 Å². The van der Waals surface area contributed by atoms with E-state index >= 15 is 0 Å². The third-order valence-corrected chi connectivity index (χ3v) is 3.35. The van der Waals surface area contributed by atoms with E-state index in [-0.39, 0.29) is 36.0 Å². The fraction of sp³-hybridized carbons (Fsp3) is 0.571. The van der Waals surface area contributed by atoms with E-state index in [9.17, 15) is 13.2 Å². The Morgan fingerprint density at radius 3 is 2.29 bits per heavy atom. The molecular formula is C7H13NNaO4S. The van der Waals surface area contributed by atoms with E-state index in [0.717, 1.165) is 6.08 Å². The molecule has 0 rings (SSSR count). The van der Waals surface area contributed by atoms with E-state index in [0.29, 0.717) is 0 Å². The van der Waals surface area contributed by atoms with Crippen LogP contribution in [-0.4, -0.2) is 53.3 Å². The molecule has 0 aromatic carbocycles. The van der Waals surface area contributed by atoms with E-state index < -0.39 is 20.9 Å². The number of carbonyl (C=O) groups excluding carboxylic acids is 1. The van der Waals surface area contributed by atoms with Crippen LogP contribution >= 0.6 is 0 Å². The normalized spacial score (nSPS) is 14.8. The summed E-state index contributed by atoms with van der Waals surface area (Å²) in [5.74, 6) is -0.637. The van der Waals surface area contributed by atoms with Gasteiger partial charge in [-0.3, -0.25) is 9.35 Å². The molecule has 14 heavy (non-hydrogen) atoms. The number of nitrogens with one attached hydrogen (secondary N) is 1. The molecule has 5 nitrogen and oxygen atoms in total. The molecule has 0 aliphatic carbocycles. The summed E-state index contributed by atoms with van der Waals surface area (Å²) in [6.07, 6.45) is 1.02. The second-order valence-corrected chi connectivity index (χ2v) is 4.60. The average Bonchev–Trinajstić information content (AvgIpc) is 2.02. The Labute approximate surface area is 106 Å². The van der Waals surface area contributed by atoms with Crippen LogP contribution in [0.5, 0.6) is 0 Å². The molecule has 0 aromatic heterocycles. The largest absolute Gasteiger partial charge is 0.332 e. The first-order valence-electron chi connectivity index (χ1n) is 3.68. The Morgan fingerprint density at radius 1 is 1.64 bits per heavy atom. The van der Waals surface area contributed by atoms with Crippen LogP contribution in [0.2, 0.25) is 0 Å². The predicted octanol–water partition coefficient (Wildman–Crippen LogP) is -0.0782. The monoisotopic (exact) mass is 230 g/mol. The van der Waals surface area contributed by atoms with Crippen LogP contribution in [0.25, 0.3) is 0 Å². The van der Waals surface area contributed by atoms with Crippen LogP contribution in [0.4, 0.5) is 0 Å². The van der Waals surface area contributed by atoms with E-state index in [2.05, 4.69) is 11.9 Å². The molecule has 0 aromatic rings. The van der Waals surface area contributed by atoms with E-state index in [4.69, 9.17) is 4.55 Å². The number of carbonyl (C=O) groups is 1. The van der Waals surface area contributed by atoms with Crippen molar-refractivity contribution in [3.05, 3.63) is 12.7 Å². The summed E-state index contributed by atoms with van der Waals surface area (Å²) >= 11 is 0. The summed E-state index contributed by atoms with van der Waals surface area (Å²) in [5, 5.41) is 2.14. The van der Waals surface area contributed by atoms with Crippen LogP contribution in [0.15, 0.2) is 12.7 Å². The smallest absolute Gasteiger partial charge is 0.288 e. The Morgan fingerprint density at radius 2 is 2.07 bits per heavy atom. The first kappa shape index (κ1) is 16.5. The SMILES string of the molecule is C=CC(=O)NC(C)(CC)S(=O)(=O)O.[Na]. The number of hydrogen-bond donors (Lipinski definition) is 2. The van der Waals surface area contributed by atoms with Gasteiger partial charge in [0.05, 0.1) is 0 Å². The number of hydrogen-bond acceptors (Lipinski definition) is 3. The van der Waals surface area contributed by atoms with Crippen molar-refractivity contribution in [3.63, 3.8) is 0 Å². The van der Waals surface area contributed by atoms with Gasteiger partial charge in [-0.05, 0) is 19.4 Å². The topological polar surface area (TPSA) is 83.5 Å². The summed E-state index contributed by atoms with van der Waals surface area (Å²) in [6.45, 7) is 5.94. The quantitative estimate of drug-likeness (QED) is 0.402. The molecule has 0 saturated carbocycles. The van der Waals surface area contributed by atoms with Gasteiger partial charge in [-0.15, -0.1) is 0 Å². The van der Waals surface area contributed by atoms with E-state index in [1.807, 2.05) is 0 Å². The summed E-state index contributed by atoms with van der Waals surface area (Å²) < 4.78 is 30.5. The third-order valence-electron chi connectivity index (χ3n) is 1.82. The zero-order valence-electron chi connectivity index (χ0n) is 8.57.